The van der Waals surface area contributed by atoms with Gasteiger partial charge in [-0.2, -0.15) is 0 Å². The zero-order valence-electron chi connectivity index (χ0n) is 13.2. The van der Waals surface area contributed by atoms with E-state index in [2.05, 4.69) is 61.0 Å². The van der Waals surface area contributed by atoms with E-state index in [1.165, 1.54) is 5.56 Å². The van der Waals surface area contributed by atoms with Crippen molar-refractivity contribution in [1.29, 1.82) is 0 Å². The molecule has 0 aliphatic heterocycles. The van der Waals surface area contributed by atoms with Gasteiger partial charge in [-0.05, 0) is 35.1 Å². The predicted molar refractivity (Wildman–Crippen MR) is 92.7 cm³/mol. The standard InChI is InChI=1S/C19H23BrO/c1-13-5-10-17(20)16(11-13)18(21)12-14-6-8-15(9-7-14)19(2,3)4/h5-11,18,21H,12H2,1-4H3. The zero-order valence-corrected chi connectivity index (χ0v) is 14.7. The third kappa shape index (κ3) is 4.18. The van der Waals surface area contributed by atoms with Crippen LogP contribution < -0.4 is 0 Å². The number of aliphatic hydroxyl groups excluding tert-OH is 1. The van der Waals surface area contributed by atoms with Crippen LogP contribution in [0.15, 0.2) is 46.9 Å². The topological polar surface area (TPSA) is 20.2 Å². The highest BCUT2D eigenvalue weighted by Gasteiger charge is 2.15. The molecule has 0 saturated carbocycles. The van der Waals surface area contributed by atoms with Crippen LogP contribution in [0.25, 0.3) is 0 Å². The van der Waals surface area contributed by atoms with Crippen molar-refractivity contribution in [2.24, 2.45) is 0 Å². The molecule has 2 aromatic carbocycles. The molecule has 0 bridgehead atoms. The summed E-state index contributed by atoms with van der Waals surface area (Å²) in [7, 11) is 0. The first-order valence-electron chi connectivity index (χ1n) is 7.31. The van der Waals surface area contributed by atoms with Gasteiger partial charge in [0.25, 0.3) is 0 Å². The van der Waals surface area contributed by atoms with E-state index in [-0.39, 0.29) is 5.41 Å². The third-order valence-electron chi connectivity index (χ3n) is 3.76. The molecule has 0 amide bonds. The number of benzene rings is 2. The van der Waals surface area contributed by atoms with Crippen molar-refractivity contribution >= 4 is 15.9 Å². The van der Waals surface area contributed by atoms with E-state index in [9.17, 15) is 5.11 Å². The Balaban J connectivity index is 2.16. The van der Waals surface area contributed by atoms with Crippen molar-refractivity contribution in [3.63, 3.8) is 0 Å². The summed E-state index contributed by atoms with van der Waals surface area (Å²) >= 11 is 3.52. The SMILES string of the molecule is Cc1ccc(Br)c(C(O)Cc2ccc(C(C)(C)C)cc2)c1. The maximum Gasteiger partial charge on any atom is 0.0841 e. The number of hydrogen-bond acceptors (Lipinski definition) is 1. The van der Waals surface area contributed by atoms with Crippen LogP contribution in [0.1, 0.15) is 49.1 Å². The van der Waals surface area contributed by atoms with Crippen molar-refractivity contribution < 1.29 is 5.11 Å². The van der Waals surface area contributed by atoms with Gasteiger partial charge in [0.2, 0.25) is 0 Å². The summed E-state index contributed by atoms with van der Waals surface area (Å²) in [4.78, 5) is 0. The van der Waals surface area contributed by atoms with Gasteiger partial charge in [0.1, 0.15) is 0 Å². The molecule has 1 atom stereocenters. The smallest absolute Gasteiger partial charge is 0.0841 e. The van der Waals surface area contributed by atoms with Crippen LogP contribution in [0, 0.1) is 6.92 Å². The molecule has 0 saturated heterocycles. The van der Waals surface area contributed by atoms with Crippen molar-refractivity contribution in [3.05, 3.63) is 69.2 Å². The molecular weight excluding hydrogens is 324 g/mol. The molecular formula is C19H23BrO. The average molecular weight is 347 g/mol. The minimum atomic E-state index is -0.486. The summed E-state index contributed by atoms with van der Waals surface area (Å²) < 4.78 is 0.965. The van der Waals surface area contributed by atoms with Gasteiger partial charge in [-0.1, -0.05) is 78.7 Å². The first kappa shape index (κ1) is 16.3. The number of aryl methyl sites for hydroxylation is 1. The number of rotatable bonds is 3. The highest BCUT2D eigenvalue weighted by molar-refractivity contribution is 9.10. The van der Waals surface area contributed by atoms with Crippen LogP contribution in [0.3, 0.4) is 0 Å². The van der Waals surface area contributed by atoms with Crippen LogP contribution in [-0.4, -0.2) is 5.11 Å². The van der Waals surface area contributed by atoms with Crippen molar-refractivity contribution in [1.82, 2.24) is 0 Å². The second-order valence-electron chi connectivity index (χ2n) is 6.69. The molecule has 112 valence electrons. The Labute approximate surface area is 136 Å². The fourth-order valence-corrected chi connectivity index (χ4v) is 2.90. The first-order valence-corrected chi connectivity index (χ1v) is 8.10. The molecule has 0 aliphatic carbocycles. The van der Waals surface area contributed by atoms with E-state index >= 15 is 0 Å². The normalized spacial score (nSPS) is 13.2. The second kappa shape index (κ2) is 6.33. The van der Waals surface area contributed by atoms with Gasteiger partial charge in [0.05, 0.1) is 6.10 Å². The van der Waals surface area contributed by atoms with Gasteiger partial charge in [-0.25, -0.2) is 0 Å². The second-order valence-corrected chi connectivity index (χ2v) is 7.55. The Hall–Kier alpha value is -1.12. The molecule has 21 heavy (non-hydrogen) atoms. The van der Waals surface area contributed by atoms with E-state index in [4.69, 9.17) is 0 Å². The van der Waals surface area contributed by atoms with E-state index in [0.29, 0.717) is 6.42 Å². The van der Waals surface area contributed by atoms with E-state index in [1.807, 2.05) is 25.1 Å². The number of aliphatic hydroxyl groups is 1. The lowest BCUT2D eigenvalue weighted by molar-refractivity contribution is 0.177. The van der Waals surface area contributed by atoms with Gasteiger partial charge in [-0.3, -0.25) is 0 Å². The molecule has 1 unspecified atom stereocenters. The zero-order chi connectivity index (χ0) is 15.6. The lowest BCUT2D eigenvalue weighted by Crippen LogP contribution is -2.11. The van der Waals surface area contributed by atoms with E-state index < -0.39 is 6.10 Å². The van der Waals surface area contributed by atoms with E-state index in [0.717, 1.165) is 21.2 Å². The highest BCUT2D eigenvalue weighted by atomic mass is 79.9. The summed E-state index contributed by atoms with van der Waals surface area (Å²) in [6.07, 6.45) is 0.145. The van der Waals surface area contributed by atoms with Crippen molar-refractivity contribution in [2.45, 2.75) is 45.6 Å². The summed E-state index contributed by atoms with van der Waals surface area (Å²) in [5, 5.41) is 10.5. The van der Waals surface area contributed by atoms with Crippen molar-refractivity contribution in [3.8, 4) is 0 Å². The predicted octanol–water partition coefficient (Wildman–Crippen LogP) is 5.33. The van der Waals surface area contributed by atoms with Gasteiger partial charge >= 0.3 is 0 Å². The van der Waals surface area contributed by atoms with Crippen molar-refractivity contribution in [2.75, 3.05) is 0 Å². The largest absolute Gasteiger partial charge is 0.388 e. The monoisotopic (exact) mass is 346 g/mol. The fourth-order valence-electron chi connectivity index (χ4n) is 2.39. The first-order chi connectivity index (χ1) is 9.77. The summed E-state index contributed by atoms with van der Waals surface area (Å²) in [5.74, 6) is 0. The summed E-state index contributed by atoms with van der Waals surface area (Å²) in [5.41, 5.74) is 4.75. The van der Waals surface area contributed by atoms with Crippen LogP contribution in [0.2, 0.25) is 0 Å². The molecule has 0 heterocycles. The molecule has 0 aromatic heterocycles. The molecule has 0 radical (unpaired) electrons. The molecule has 2 heteroatoms. The molecule has 0 spiro atoms. The third-order valence-corrected chi connectivity index (χ3v) is 4.48. The molecule has 0 fully saturated rings. The van der Waals surface area contributed by atoms with Gasteiger partial charge in [0, 0.05) is 10.9 Å². The molecule has 1 N–H and O–H groups in total. The number of halogens is 1. The van der Waals surface area contributed by atoms with Gasteiger partial charge in [-0.15, -0.1) is 0 Å². The number of hydrogen-bond donors (Lipinski definition) is 1. The Bertz CT molecular complexity index is 608. The van der Waals surface area contributed by atoms with Gasteiger partial charge in [0.15, 0.2) is 0 Å². The van der Waals surface area contributed by atoms with Crippen LogP contribution in [0.4, 0.5) is 0 Å². The Kier molecular flexibility index (Phi) is 4.90. The maximum atomic E-state index is 10.5. The van der Waals surface area contributed by atoms with Crippen LogP contribution in [-0.2, 0) is 11.8 Å². The lowest BCUT2D eigenvalue weighted by atomic mass is 9.86. The molecule has 2 rings (SSSR count). The quantitative estimate of drug-likeness (QED) is 0.795. The minimum absolute atomic E-state index is 0.163. The minimum Gasteiger partial charge on any atom is -0.388 e. The summed E-state index contributed by atoms with van der Waals surface area (Å²) in [6.45, 7) is 8.67. The Morgan fingerprint density at radius 2 is 1.67 bits per heavy atom. The Morgan fingerprint density at radius 3 is 2.24 bits per heavy atom. The van der Waals surface area contributed by atoms with E-state index in [1.54, 1.807) is 0 Å². The fraction of sp³-hybridized carbons (Fsp3) is 0.368. The summed E-state index contributed by atoms with van der Waals surface area (Å²) in [6, 6.07) is 14.6. The lowest BCUT2D eigenvalue weighted by Gasteiger charge is -2.20. The van der Waals surface area contributed by atoms with Gasteiger partial charge < -0.3 is 5.11 Å². The molecule has 0 aliphatic rings. The Morgan fingerprint density at radius 1 is 1.05 bits per heavy atom. The van der Waals surface area contributed by atoms with Crippen LogP contribution >= 0.6 is 15.9 Å². The highest BCUT2D eigenvalue weighted by Crippen LogP contribution is 2.28. The maximum absolute atomic E-state index is 10.5. The van der Waals surface area contributed by atoms with Crippen LogP contribution in [0.5, 0.6) is 0 Å². The average Bonchev–Trinajstić information content (AvgIpc) is 2.41. The molecule has 2 aromatic rings. The molecule has 1 nitrogen and oxygen atoms in total.